The zero-order valence-electron chi connectivity index (χ0n) is 14.7. The summed E-state index contributed by atoms with van der Waals surface area (Å²) in [5.41, 5.74) is 0.856. The third-order valence-corrected chi connectivity index (χ3v) is 4.98. The maximum absolute atomic E-state index is 12.7. The highest BCUT2D eigenvalue weighted by Gasteiger charge is 2.39. The number of aromatic nitrogens is 1. The van der Waals surface area contributed by atoms with Gasteiger partial charge in [-0.05, 0) is 32.3 Å². The van der Waals surface area contributed by atoms with Crippen molar-refractivity contribution >= 4 is 6.03 Å². The van der Waals surface area contributed by atoms with E-state index in [1.807, 2.05) is 24.0 Å². The molecule has 2 aliphatic heterocycles. The summed E-state index contributed by atoms with van der Waals surface area (Å²) in [6, 6.07) is 3.67. The van der Waals surface area contributed by atoms with Crippen molar-refractivity contribution in [3.05, 3.63) is 23.9 Å². The van der Waals surface area contributed by atoms with E-state index in [1.165, 1.54) is 0 Å². The van der Waals surface area contributed by atoms with Gasteiger partial charge < -0.3 is 24.8 Å². The minimum Gasteiger partial charge on any atom is -0.478 e. The topological polar surface area (TPSA) is 83.9 Å². The fourth-order valence-electron chi connectivity index (χ4n) is 3.70. The molecule has 2 N–H and O–H groups in total. The second-order valence-corrected chi connectivity index (χ2v) is 6.56. The lowest BCUT2D eigenvalue weighted by Gasteiger charge is -2.36. The van der Waals surface area contributed by atoms with Crippen LogP contribution in [0.1, 0.15) is 31.7 Å². The van der Waals surface area contributed by atoms with E-state index in [-0.39, 0.29) is 18.0 Å². The zero-order chi connectivity index (χ0) is 17.6. The quantitative estimate of drug-likeness (QED) is 0.843. The van der Waals surface area contributed by atoms with Crippen LogP contribution in [0.5, 0.6) is 5.88 Å². The maximum Gasteiger partial charge on any atom is 0.317 e. The molecule has 3 rings (SSSR count). The summed E-state index contributed by atoms with van der Waals surface area (Å²) < 4.78 is 11.0. The molecule has 7 nitrogen and oxygen atoms in total. The molecule has 25 heavy (non-hydrogen) atoms. The molecule has 1 aromatic rings. The molecule has 3 atom stereocenters. The SMILES string of the molecule is CCOc1ncccc1CNC(=O)N1CCC[C@@H]1[C@H]1COCC[C@H]1O. The van der Waals surface area contributed by atoms with Crippen LogP contribution in [0, 0.1) is 5.92 Å². The standard InChI is InChI=1S/C18H27N3O4/c1-2-25-17-13(5-3-8-19-17)11-20-18(23)21-9-4-6-15(21)14-12-24-10-7-16(14)22/h3,5,8,14-16,22H,2,4,6-7,9-12H2,1H3,(H,20,23)/t14-,15-,16-/m1/s1. The number of carbonyl (C=O) groups excluding carboxylic acids is 1. The summed E-state index contributed by atoms with van der Waals surface area (Å²) in [5.74, 6) is 0.554. The van der Waals surface area contributed by atoms with E-state index in [2.05, 4.69) is 10.3 Å². The van der Waals surface area contributed by atoms with Gasteiger partial charge in [0.15, 0.2) is 0 Å². The predicted octanol–water partition coefficient (Wildman–Crippen LogP) is 1.55. The smallest absolute Gasteiger partial charge is 0.317 e. The average molecular weight is 349 g/mol. The van der Waals surface area contributed by atoms with E-state index < -0.39 is 6.10 Å². The van der Waals surface area contributed by atoms with Gasteiger partial charge in [-0.1, -0.05) is 6.07 Å². The third kappa shape index (κ3) is 4.22. The van der Waals surface area contributed by atoms with Gasteiger partial charge >= 0.3 is 6.03 Å². The number of ether oxygens (including phenoxy) is 2. The van der Waals surface area contributed by atoms with E-state index in [1.54, 1.807) is 6.20 Å². The van der Waals surface area contributed by atoms with Gasteiger partial charge in [0, 0.05) is 43.4 Å². The van der Waals surface area contributed by atoms with E-state index in [9.17, 15) is 9.90 Å². The Morgan fingerprint density at radius 3 is 3.20 bits per heavy atom. The van der Waals surface area contributed by atoms with E-state index >= 15 is 0 Å². The van der Waals surface area contributed by atoms with Crippen molar-refractivity contribution in [1.82, 2.24) is 15.2 Å². The highest BCUT2D eigenvalue weighted by molar-refractivity contribution is 5.75. The van der Waals surface area contributed by atoms with Crippen LogP contribution in [0.3, 0.4) is 0 Å². The van der Waals surface area contributed by atoms with Crippen molar-refractivity contribution in [3.8, 4) is 5.88 Å². The van der Waals surface area contributed by atoms with Crippen LogP contribution in [-0.4, -0.2) is 59.5 Å². The number of carbonyl (C=O) groups is 1. The van der Waals surface area contributed by atoms with Crippen molar-refractivity contribution in [2.24, 2.45) is 5.92 Å². The molecule has 2 amide bonds. The Hall–Kier alpha value is -1.86. The lowest BCUT2D eigenvalue weighted by atomic mass is 9.89. The number of nitrogens with one attached hydrogen (secondary N) is 1. The predicted molar refractivity (Wildman–Crippen MR) is 92.3 cm³/mol. The van der Waals surface area contributed by atoms with E-state index in [0.29, 0.717) is 45.2 Å². The minimum absolute atomic E-state index is 0.000576. The molecule has 0 saturated carbocycles. The second-order valence-electron chi connectivity index (χ2n) is 6.56. The summed E-state index contributed by atoms with van der Waals surface area (Å²) in [6.45, 7) is 4.64. The Morgan fingerprint density at radius 2 is 2.40 bits per heavy atom. The molecular weight excluding hydrogens is 322 g/mol. The number of rotatable bonds is 5. The molecule has 0 aliphatic carbocycles. The van der Waals surface area contributed by atoms with Gasteiger partial charge in [-0.2, -0.15) is 0 Å². The van der Waals surface area contributed by atoms with Crippen LogP contribution in [0.4, 0.5) is 4.79 Å². The van der Waals surface area contributed by atoms with Crippen LogP contribution >= 0.6 is 0 Å². The first-order valence-electron chi connectivity index (χ1n) is 9.07. The van der Waals surface area contributed by atoms with Crippen molar-refractivity contribution in [1.29, 1.82) is 0 Å². The molecule has 1 aromatic heterocycles. The molecule has 0 radical (unpaired) electrons. The van der Waals surface area contributed by atoms with Crippen LogP contribution in [0.2, 0.25) is 0 Å². The van der Waals surface area contributed by atoms with Crippen LogP contribution in [-0.2, 0) is 11.3 Å². The molecule has 138 valence electrons. The molecule has 7 heteroatoms. The minimum atomic E-state index is -0.393. The number of aliphatic hydroxyl groups excluding tert-OH is 1. The number of hydrogen-bond donors (Lipinski definition) is 2. The monoisotopic (exact) mass is 349 g/mol. The summed E-state index contributed by atoms with van der Waals surface area (Å²) in [7, 11) is 0. The zero-order valence-corrected chi connectivity index (χ0v) is 14.7. The number of hydrogen-bond acceptors (Lipinski definition) is 5. The Balaban J connectivity index is 1.60. The Morgan fingerprint density at radius 1 is 1.52 bits per heavy atom. The highest BCUT2D eigenvalue weighted by atomic mass is 16.5. The number of nitrogens with zero attached hydrogens (tertiary/aromatic N) is 2. The Labute approximate surface area is 148 Å². The highest BCUT2D eigenvalue weighted by Crippen LogP contribution is 2.30. The summed E-state index contributed by atoms with van der Waals surface area (Å²) in [5, 5.41) is 13.2. The lowest BCUT2D eigenvalue weighted by molar-refractivity contribution is -0.0576. The third-order valence-electron chi connectivity index (χ3n) is 4.98. The number of urea groups is 1. The molecule has 0 bridgehead atoms. The van der Waals surface area contributed by atoms with Crippen LogP contribution < -0.4 is 10.1 Å². The Kier molecular flexibility index (Phi) is 6.09. The van der Waals surface area contributed by atoms with Crippen LogP contribution in [0.25, 0.3) is 0 Å². The fraction of sp³-hybridized carbons (Fsp3) is 0.667. The van der Waals surface area contributed by atoms with E-state index in [4.69, 9.17) is 9.47 Å². The first-order valence-corrected chi connectivity index (χ1v) is 9.07. The Bertz CT molecular complexity index is 583. The molecule has 0 unspecified atom stereocenters. The molecular formula is C18H27N3O4. The fourth-order valence-corrected chi connectivity index (χ4v) is 3.70. The second kappa shape index (κ2) is 8.49. The lowest BCUT2D eigenvalue weighted by Crippen LogP contribution is -2.50. The summed E-state index contributed by atoms with van der Waals surface area (Å²) in [6.07, 6.45) is 3.80. The number of pyridine rings is 1. The summed E-state index contributed by atoms with van der Waals surface area (Å²) >= 11 is 0. The first kappa shape index (κ1) is 17.9. The largest absolute Gasteiger partial charge is 0.478 e. The molecule has 2 saturated heterocycles. The van der Waals surface area contributed by atoms with Gasteiger partial charge in [-0.3, -0.25) is 0 Å². The van der Waals surface area contributed by atoms with Gasteiger partial charge in [0.25, 0.3) is 0 Å². The molecule has 0 spiro atoms. The van der Waals surface area contributed by atoms with Crippen molar-refractivity contribution in [3.63, 3.8) is 0 Å². The van der Waals surface area contributed by atoms with Crippen LogP contribution in [0.15, 0.2) is 18.3 Å². The normalized spacial score (nSPS) is 26.5. The number of amides is 2. The van der Waals surface area contributed by atoms with Gasteiger partial charge in [-0.15, -0.1) is 0 Å². The van der Waals surface area contributed by atoms with Crippen molar-refractivity contribution < 1.29 is 19.4 Å². The van der Waals surface area contributed by atoms with E-state index in [0.717, 1.165) is 18.4 Å². The van der Waals surface area contributed by atoms with Gasteiger partial charge in [-0.25, -0.2) is 9.78 Å². The summed E-state index contributed by atoms with van der Waals surface area (Å²) in [4.78, 5) is 18.7. The van der Waals surface area contributed by atoms with Crippen molar-refractivity contribution in [2.45, 2.75) is 44.9 Å². The van der Waals surface area contributed by atoms with Crippen molar-refractivity contribution in [2.75, 3.05) is 26.4 Å². The molecule has 2 fully saturated rings. The molecule has 3 heterocycles. The van der Waals surface area contributed by atoms with Gasteiger partial charge in [0.2, 0.25) is 5.88 Å². The average Bonchev–Trinajstić information content (AvgIpc) is 3.11. The number of aliphatic hydroxyl groups is 1. The van der Waals surface area contributed by atoms with Gasteiger partial charge in [0.1, 0.15) is 0 Å². The molecule has 0 aromatic carbocycles. The number of likely N-dealkylation sites (tertiary alicyclic amines) is 1. The maximum atomic E-state index is 12.7. The first-order chi connectivity index (χ1) is 12.2. The molecule has 2 aliphatic rings. The van der Waals surface area contributed by atoms with Gasteiger partial charge in [0.05, 0.1) is 19.3 Å².